The number of rotatable bonds is 4. The molecule has 0 bridgehead atoms. The highest BCUT2D eigenvalue weighted by molar-refractivity contribution is 7.80. The molecule has 1 aliphatic rings. The molecule has 0 radical (unpaired) electrons. The molecule has 1 saturated heterocycles. The van der Waals surface area contributed by atoms with Crippen LogP contribution in [0.5, 0.6) is 5.75 Å². The molecular formula is C25H23N3O3S. The highest BCUT2D eigenvalue weighted by atomic mass is 32.1. The number of anilines is 1. The molecular weight excluding hydrogens is 422 g/mol. The summed E-state index contributed by atoms with van der Waals surface area (Å²) < 4.78 is 7.48. The van der Waals surface area contributed by atoms with Crippen LogP contribution in [0.25, 0.3) is 11.8 Å². The van der Waals surface area contributed by atoms with Crippen LogP contribution in [0.3, 0.4) is 0 Å². The number of thiocarbonyl (C=S) groups is 1. The highest BCUT2D eigenvalue weighted by Crippen LogP contribution is 2.31. The Morgan fingerprint density at radius 3 is 2.38 bits per heavy atom. The van der Waals surface area contributed by atoms with Gasteiger partial charge in [-0.25, -0.2) is 4.90 Å². The fraction of sp³-hybridized carbons (Fsp3) is 0.160. The molecule has 0 atom stereocenters. The lowest BCUT2D eigenvalue weighted by Crippen LogP contribution is -2.54. The third-order valence-corrected chi connectivity index (χ3v) is 5.77. The zero-order valence-electron chi connectivity index (χ0n) is 18.3. The van der Waals surface area contributed by atoms with Crippen LogP contribution in [-0.4, -0.2) is 28.6 Å². The Morgan fingerprint density at radius 2 is 1.69 bits per heavy atom. The maximum absolute atomic E-state index is 13.4. The molecule has 162 valence electrons. The molecule has 0 saturated carbocycles. The number of hydrogen-bond acceptors (Lipinski definition) is 4. The molecule has 2 heterocycles. The van der Waals surface area contributed by atoms with E-state index in [0.717, 1.165) is 22.6 Å². The Labute approximate surface area is 192 Å². The Kier molecular flexibility index (Phi) is 5.67. The molecule has 32 heavy (non-hydrogen) atoms. The summed E-state index contributed by atoms with van der Waals surface area (Å²) in [6, 6.07) is 17.2. The number of nitrogens with zero attached hydrogens (tertiary/aromatic N) is 2. The van der Waals surface area contributed by atoms with Gasteiger partial charge in [-0.05, 0) is 75.0 Å². The number of ether oxygens (including phenoxy) is 1. The normalized spacial score (nSPS) is 15.3. The van der Waals surface area contributed by atoms with Crippen LogP contribution in [0, 0.1) is 20.8 Å². The average Bonchev–Trinajstić information content (AvgIpc) is 3.05. The van der Waals surface area contributed by atoms with Crippen LogP contribution < -0.4 is 15.0 Å². The number of benzene rings is 2. The fourth-order valence-corrected chi connectivity index (χ4v) is 4.15. The SMILES string of the molecule is COc1ccccc1N1C(=O)/C(=C\c2cc(C)n(-c3ccc(C)cc3)c2C)C(=O)NC1=S. The average molecular weight is 446 g/mol. The first-order valence-electron chi connectivity index (χ1n) is 10.1. The van der Waals surface area contributed by atoms with Gasteiger partial charge in [-0.3, -0.25) is 14.9 Å². The minimum Gasteiger partial charge on any atom is -0.495 e. The molecule has 1 aromatic heterocycles. The first kappa shape index (κ1) is 21.5. The molecule has 4 rings (SSSR count). The first-order chi connectivity index (χ1) is 15.3. The number of carbonyl (C=O) groups is 2. The van der Waals surface area contributed by atoms with Gasteiger partial charge in [0.25, 0.3) is 11.8 Å². The summed E-state index contributed by atoms with van der Waals surface area (Å²) in [5.74, 6) is -0.536. The maximum atomic E-state index is 13.4. The van der Waals surface area contributed by atoms with Crippen molar-refractivity contribution in [3.05, 3.63) is 82.7 Å². The van der Waals surface area contributed by atoms with Crippen molar-refractivity contribution in [3.8, 4) is 11.4 Å². The fourth-order valence-electron chi connectivity index (χ4n) is 3.87. The quantitative estimate of drug-likeness (QED) is 0.371. The minimum atomic E-state index is -0.522. The Balaban J connectivity index is 1.77. The van der Waals surface area contributed by atoms with Crippen molar-refractivity contribution in [1.29, 1.82) is 0 Å². The van der Waals surface area contributed by atoms with Crippen molar-refractivity contribution in [2.45, 2.75) is 20.8 Å². The largest absolute Gasteiger partial charge is 0.495 e. The maximum Gasteiger partial charge on any atom is 0.270 e. The molecule has 0 spiro atoms. The second kappa shape index (κ2) is 8.43. The summed E-state index contributed by atoms with van der Waals surface area (Å²) in [5, 5.41) is 2.65. The van der Waals surface area contributed by atoms with E-state index in [4.69, 9.17) is 17.0 Å². The number of methoxy groups -OCH3 is 1. The summed E-state index contributed by atoms with van der Waals surface area (Å²) in [7, 11) is 1.52. The van der Waals surface area contributed by atoms with Crippen molar-refractivity contribution in [3.63, 3.8) is 0 Å². The second-order valence-corrected chi connectivity index (χ2v) is 8.01. The predicted octanol–water partition coefficient (Wildman–Crippen LogP) is 4.24. The van der Waals surface area contributed by atoms with E-state index in [0.29, 0.717) is 11.4 Å². The number of aryl methyl sites for hydroxylation is 2. The van der Waals surface area contributed by atoms with E-state index in [2.05, 4.69) is 22.0 Å². The smallest absolute Gasteiger partial charge is 0.270 e. The molecule has 2 amide bonds. The lowest BCUT2D eigenvalue weighted by molar-refractivity contribution is -0.122. The van der Waals surface area contributed by atoms with Crippen LogP contribution in [0.1, 0.15) is 22.5 Å². The summed E-state index contributed by atoms with van der Waals surface area (Å²) in [6.45, 7) is 6.00. The van der Waals surface area contributed by atoms with Crippen LogP contribution in [0.4, 0.5) is 5.69 Å². The van der Waals surface area contributed by atoms with Gasteiger partial charge in [-0.15, -0.1) is 0 Å². The van der Waals surface area contributed by atoms with Crippen LogP contribution in [0.2, 0.25) is 0 Å². The Bertz CT molecular complexity index is 1270. The summed E-state index contributed by atoms with van der Waals surface area (Å²) in [5.41, 5.74) is 5.39. The summed E-state index contributed by atoms with van der Waals surface area (Å²) in [4.78, 5) is 27.4. The number of hydrogen-bond donors (Lipinski definition) is 1. The topological polar surface area (TPSA) is 63.6 Å². The van der Waals surface area contributed by atoms with Gasteiger partial charge in [0.1, 0.15) is 11.3 Å². The van der Waals surface area contributed by atoms with Crippen LogP contribution in [0.15, 0.2) is 60.2 Å². The van der Waals surface area contributed by atoms with Crippen molar-refractivity contribution in [2.24, 2.45) is 0 Å². The standard InChI is InChI=1S/C25H23N3O3S/c1-15-9-11-19(12-10-15)27-16(2)13-18(17(27)3)14-20-23(29)26-25(32)28(24(20)30)21-7-5-6-8-22(21)31-4/h5-14H,1-4H3,(H,26,29,32)/b20-14-. The van der Waals surface area contributed by atoms with Gasteiger partial charge in [0, 0.05) is 17.1 Å². The number of carbonyl (C=O) groups excluding carboxylic acids is 2. The molecule has 2 aromatic carbocycles. The van der Waals surface area contributed by atoms with E-state index in [9.17, 15) is 9.59 Å². The van der Waals surface area contributed by atoms with Crippen molar-refractivity contribution in [1.82, 2.24) is 9.88 Å². The van der Waals surface area contributed by atoms with E-state index in [1.165, 1.54) is 17.6 Å². The van der Waals surface area contributed by atoms with Gasteiger partial charge in [0.05, 0.1) is 12.8 Å². The minimum absolute atomic E-state index is 0.00802. The summed E-state index contributed by atoms with van der Waals surface area (Å²) >= 11 is 5.30. The molecule has 7 heteroatoms. The van der Waals surface area contributed by atoms with E-state index in [1.807, 2.05) is 39.0 Å². The van der Waals surface area contributed by atoms with E-state index in [-0.39, 0.29) is 10.7 Å². The van der Waals surface area contributed by atoms with E-state index < -0.39 is 11.8 Å². The molecule has 0 aliphatic carbocycles. The monoisotopic (exact) mass is 445 g/mol. The van der Waals surface area contributed by atoms with Crippen LogP contribution in [-0.2, 0) is 9.59 Å². The molecule has 0 unspecified atom stereocenters. The van der Waals surface area contributed by atoms with Gasteiger partial charge >= 0.3 is 0 Å². The van der Waals surface area contributed by atoms with Gasteiger partial charge in [0.15, 0.2) is 5.11 Å². The van der Waals surface area contributed by atoms with Gasteiger partial charge in [-0.1, -0.05) is 29.8 Å². The van der Waals surface area contributed by atoms with E-state index >= 15 is 0 Å². The van der Waals surface area contributed by atoms with Crippen LogP contribution >= 0.6 is 12.2 Å². The number of para-hydroxylation sites is 2. The molecule has 3 aromatic rings. The second-order valence-electron chi connectivity index (χ2n) is 7.63. The lowest BCUT2D eigenvalue weighted by Gasteiger charge is -2.29. The Hall–Kier alpha value is -3.71. The Morgan fingerprint density at radius 1 is 1.00 bits per heavy atom. The first-order valence-corrected chi connectivity index (χ1v) is 10.5. The lowest BCUT2D eigenvalue weighted by atomic mass is 10.1. The van der Waals surface area contributed by atoms with Gasteiger partial charge < -0.3 is 9.30 Å². The van der Waals surface area contributed by atoms with Crippen molar-refractivity contribution >= 4 is 40.9 Å². The molecule has 1 fully saturated rings. The third kappa shape index (κ3) is 3.71. The van der Waals surface area contributed by atoms with E-state index in [1.54, 1.807) is 30.3 Å². The predicted molar refractivity (Wildman–Crippen MR) is 129 cm³/mol. The zero-order chi connectivity index (χ0) is 23.0. The van der Waals surface area contributed by atoms with Gasteiger partial charge in [-0.2, -0.15) is 0 Å². The van der Waals surface area contributed by atoms with Crippen molar-refractivity contribution < 1.29 is 14.3 Å². The number of nitrogens with one attached hydrogen (secondary N) is 1. The highest BCUT2D eigenvalue weighted by Gasteiger charge is 2.36. The zero-order valence-corrected chi connectivity index (χ0v) is 19.1. The molecule has 6 nitrogen and oxygen atoms in total. The molecule has 1 aliphatic heterocycles. The summed E-state index contributed by atoms with van der Waals surface area (Å²) in [6.07, 6.45) is 1.62. The molecule has 1 N–H and O–H groups in total. The third-order valence-electron chi connectivity index (χ3n) is 5.49. The van der Waals surface area contributed by atoms with Crippen molar-refractivity contribution in [2.75, 3.05) is 12.0 Å². The number of amides is 2. The number of aromatic nitrogens is 1. The van der Waals surface area contributed by atoms with Gasteiger partial charge in [0.2, 0.25) is 0 Å².